The first-order chi connectivity index (χ1) is 15.4. The van der Waals surface area contributed by atoms with Gasteiger partial charge in [0, 0.05) is 25.2 Å². The molecule has 32 heavy (non-hydrogen) atoms. The molecule has 0 amide bonds. The van der Waals surface area contributed by atoms with E-state index in [9.17, 15) is 13.2 Å². The Bertz CT molecular complexity index is 1140. The van der Waals surface area contributed by atoms with Crippen LogP contribution in [0.5, 0.6) is 5.75 Å². The molecule has 1 aromatic heterocycles. The summed E-state index contributed by atoms with van der Waals surface area (Å²) in [5.41, 5.74) is 7.74. The number of anilines is 1. The van der Waals surface area contributed by atoms with Crippen molar-refractivity contribution in [3.63, 3.8) is 0 Å². The van der Waals surface area contributed by atoms with Crippen LogP contribution in [0.3, 0.4) is 0 Å². The monoisotopic (exact) mass is 457 g/mol. The molecule has 0 unspecified atom stereocenters. The number of benzene rings is 3. The second kappa shape index (κ2) is 9.58. The number of rotatable bonds is 8. The average molecular weight is 458 g/mol. The smallest absolute Gasteiger partial charge is 0.416 e. The number of halogens is 3. The number of aromatic nitrogens is 1. The van der Waals surface area contributed by atoms with Crippen molar-refractivity contribution in [3.05, 3.63) is 89.5 Å². The number of para-hydroxylation sites is 2. The van der Waals surface area contributed by atoms with Gasteiger partial charge in [-0.3, -0.25) is 0 Å². The standard InChI is InChI=1S/C24H22F3N3OS/c25-24(26,27)19-11-9-17(10-12-19)16-31-21-7-3-1-5-18(21)15-30(14-13-28)23-29-20-6-2-4-8-22(20)32-23/h1-12H,13-16,28H2. The lowest BCUT2D eigenvalue weighted by Crippen LogP contribution is -2.29. The second-order valence-electron chi connectivity index (χ2n) is 7.27. The third-order valence-corrected chi connectivity index (χ3v) is 6.06. The quantitative estimate of drug-likeness (QED) is 0.360. The van der Waals surface area contributed by atoms with Crippen LogP contribution in [0.4, 0.5) is 18.3 Å². The van der Waals surface area contributed by atoms with Crippen molar-refractivity contribution < 1.29 is 17.9 Å². The highest BCUT2D eigenvalue weighted by Gasteiger charge is 2.29. The Balaban J connectivity index is 1.50. The van der Waals surface area contributed by atoms with Crippen molar-refractivity contribution in [1.82, 2.24) is 4.98 Å². The predicted octanol–water partition coefficient (Wildman–Crippen LogP) is 5.86. The first-order valence-corrected chi connectivity index (χ1v) is 10.9. The molecule has 0 bridgehead atoms. The molecule has 4 rings (SSSR count). The van der Waals surface area contributed by atoms with Gasteiger partial charge in [-0.1, -0.05) is 53.8 Å². The van der Waals surface area contributed by atoms with Crippen LogP contribution in [-0.4, -0.2) is 18.1 Å². The van der Waals surface area contributed by atoms with Crippen LogP contribution in [-0.2, 0) is 19.3 Å². The molecular weight excluding hydrogens is 435 g/mol. The summed E-state index contributed by atoms with van der Waals surface area (Å²) in [6.45, 7) is 1.84. The van der Waals surface area contributed by atoms with E-state index in [1.165, 1.54) is 12.1 Å². The number of alkyl halides is 3. The summed E-state index contributed by atoms with van der Waals surface area (Å²) in [5.74, 6) is 0.676. The van der Waals surface area contributed by atoms with Gasteiger partial charge in [0.05, 0.1) is 15.8 Å². The molecule has 0 spiro atoms. The minimum Gasteiger partial charge on any atom is -0.489 e. The first kappa shape index (κ1) is 22.1. The highest BCUT2D eigenvalue weighted by atomic mass is 32.1. The maximum Gasteiger partial charge on any atom is 0.416 e. The van der Waals surface area contributed by atoms with Gasteiger partial charge in [0.15, 0.2) is 5.13 Å². The summed E-state index contributed by atoms with van der Waals surface area (Å²) >= 11 is 1.61. The Morgan fingerprint density at radius 2 is 1.66 bits per heavy atom. The molecule has 0 atom stereocenters. The van der Waals surface area contributed by atoms with E-state index in [2.05, 4.69) is 4.90 Å². The molecule has 1 heterocycles. The van der Waals surface area contributed by atoms with Gasteiger partial charge in [-0.2, -0.15) is 13.2 Å². The van der Waals surface area contributed by atoms with E-state index >= 15 is 0 Å². The van der Waals surface area contributed by atoms with E-state index in [1.54, 1.807) is 11.3 Å². The Morgan fingerprint density at radius 1 is 0.938 bits per heavy atom. The molecule has 3 aromatic carbocycles. The summed E-state index contributed by atoms with van der Waals surface area (Å²) < 4.78 is 45.4. The van der Waals surface area contributed by atoms with Gasteiger partial charge < -0.3 is 15.4 Å². The van der Waals surface area contributed by atoms with Gasteiger partial charge in [0.2, 0.25) is 0 Å². The fraction of sp³-hybridized carbons (Fsp3) is 0.208. The highest BCUT2D eigenvalue weighted by Crippen LogP contribution is 2.31. The second-order valence-corrected chi connectivity index (χ2v) is 8.27. The molecule has 166 valence electrons. The van der Waals surface area contributed by atoms with Gasteiger partial charge in [-0.15, -0.1) is 0 Å². The summed E-state index contributed by atoms with van der Waals surface area (Å²) in [6.07, 6.45) is -4.35. The van der Waals surface area contributed by atoms with Crippen LogP contribution in [0.25, 0.3) is 10.2 Å². The van der Waals surface area contributed by atoms with E-state index in [-0.39, 0.29) is 6.61 Å². The molecule has 4 aromatic rings. The highest BCUT2D eigenvalue weighted by molar-refractivity contribution is 7.22. The van der Waals surface area contributed by atoms with Crippen LogP contribution < -0.4 is 15.4 Å². The van der Waals surface area contributed by atoms with E-state index in [0.717, 1.165) is 33.0 Å². The van der Waals surface area contributed by atoms with Gasteiger partial charge in [0.25, 0.3) is 0 Å². The molecule has 0 aliphatic rings. The molecule has 4 nitrogen and oxygen atoms in total. The summed E-state index contributed by atoms with van der Waals surface area (Å²) in [6, 6.07) is 20.6. The first-order valence-electron chi connectivity index (χ1n) is 10.1. The van der Waals surface area contributed by atoms with Crippen LogP contribution in [0.15, 0.2) is 72.8 Å². The Morgan fingerprint density at radius 3 is 2.38 bits per heavy atom. The molecule has 0 aliphatic carbocycles. The molecule has 0 saturated heterocycles. The van der Waals surface area contributed by atoms with Crippen molar-refractivity contribution in [2.45, 2.75) is 19.3 Å². The van der Waals surface area contributed by atoms with Crippen molar-refractivity contribution in [3.8, 4) is 5.75 Å². The number of ether oxygens (including phenoxy) is 1. The molecular formula is C24H22F3N3OS. The maximum absolute atomic E-state index is 12.8. The zero-order valence-electron chi connectivity index (χ0n) is 17.2. The summed E-state index contributed by atoms with van der Waals surface area (Å²) in [5, 5.41) is 0.884. The summed E-state index contributed by atoms with van der Waals surface area (Å²) in [4.78, 5) is 6.85. The van der Waals surface area contributed by atoms with Gasteiger partial charge in [-0.25, -0.2) is 4.98 Å². The van der Waals surface area contributed by atoms with E-state index in [1.807, 2.05) is 48.5 Å². The Hall–Kier alpha value is -3.10. The van der Waals surface area contributed by atoms with Crippen molar-refractivity contribution in [2.24, 2.45) is 5.73 Å². The third kappa shape index (κ3) is 5.20. The largest absolute Gasteiger partial charge is 0.489 e. The zero-order chi connectivity index (χ0) is 22.6. The molecule has 0 saturated carbocycles. The SMILES string of the molecule is NCCN(Cc1ccccc1OCc1ccc(C(F)(F)F)cc1)c1nc2ccccc2s1. The molecule has 0 fully saturated rings. The van der Waals surface area contributed by atoms with Gasteiger partial charge in [0.1, 0.15) is 12.4 Å². The number of nitrogens with two attached hydrogens (primary N) is 1. The zero-order valence-corrected chi connectivity index (χ0v) is 18.0. The number of nitrogens with zero attached hydrogens (tertiary/aromatic N) is 2. The predicted molar refractivity (Wildman–Crippen MR) is 122 cm³/mol. The fourth-order valence-corrected chi connectivity index (χ4v) is 4.32. The number of hydrogen-bond acceptors (Lipinski definition) is 5. The summed E-state index contributed by atoms with van der Waals surface area (Å²) in [7, 11) is 0. The lowest BCUT2D eigenvalue weighted by Gasteiger charge is -2.22. The topological polar surface area (TPSA) is 51.4 Å². The lowest BCUT2D eigenvalue weighted by molar-refractivity contribution is -0.137. The van der Waals surface area contributed by atoms with Crippen molar-refractivity contribution in [2.75, 3.05) is 18.0 Å². The van der Waals surface area contributed by atoms with E-state index < -0.39 is 11.7 Å². The minimum absolute atomic E-state index is 0.174. The minimum atomic E-state index is -4.35. The van der Waals surface area contributed by atoms with Crippen molar-refractivity contribution in [1.29, 1.82) is 0 Å². The number of thiazole rings is 1. The van der Waals surface area contributed by atoms with Gasteiger partial charge in [-0.05, 0) is 35.9 Å². The average Bonchev–Trinajstić information content (AvgIpc) is 3.22. The lowest BCUT2D eigenvalue weighted by atomic mass is 10.1. The number of hydrogen-bond donors (Lipinski definition) is 1. The van der Waals surface area contributed by atoms with Crippen molar-refractivity contribution >= 4 is 26.7 Å². The Labute approximate surface area is 188 Å². The third-order valence-electron chi connectivity index (χ3n) is 4.96. The molecule has 0 aliphatic heterocycles. The number of fused-ring (bicyclic) bond motifs is 1. The normalized spacial score (nSPS) is 11.6. The molecule has 2 N–H and O–H groups in total. The van der Waals surface area contributed by atoms with Crippen LogP contribution >= 0.6 is 11.3 Å². The Kier molecular flexibility index (Phi) is 6.62. The fourth-order valence-electron chi connectivity index (χ4n) is 3.33. The molecule has 8 heteroatoms. The maximum atomic E-state index is 12.8. The van der Waals surface area contributed by atoms with E-state index in [4.69, 9.17) is 15.5 Å². The van der Waals surface area contributed by atoms with Crippen LogP contribution in [0.1, 0.15) is 16.7 Å². The van der Waals surface area contributed by atoms with E-state index in [0.29, 0.717) is 30.9 Å². The van der Waals surface area contributed by atoms with Gasteiger partial charge >= 0.3 is 6.18 Å². The van der Waals surface area contributed by atoms with Crippen LogP contribution in [0, 0.1) is 0 Å². The van der Waals surface area contributed by atoms with Crippen LogP contribution in [0.2, 0.25) is 0 Å². The molecule has 0 radical (unpaired) electrons.